The first-order valence-corrected chi connectivity index (χ1v) is 9.45. The van der Waals surface area contributed by atoms with Crippen molar-refractivity contribution in [2.45, 2.75) is 71.5 Å². The predicted molar refractivity (Wildman–Crippen MR) is 93.3 cm³/mol. The van der Waals surface area contributed by atoms with Gasteiger partial charge >= 0.3 is 0 Å². The van der Waals surface area contributed by atoms with Crippen LogP contribution in [0, 0.1) is 28.1 Å². The second-order valence-corrected chi connectivity index (χ2v) is 9.57. The Hall–Kier alpha value is -0.420. The summed E-state index contributed by atoms with van der Waals surface area (Å²) in [7, 11) is 0. The van der Waals surface area contributed by atoms with E-state index >= 15 is 0 Å². The van der Waals surface area contributed by atoms with Crippen LogP contribution < -0.4 is 0 Å². The maximum Gasteiger partial charge on any atom is 0.0827 e. The molecule has 0 heterocycles. The number of fused-ring (bicyclic) bond motifs is 3. The summed E-state index contributed by atoms with van der Waals surface area (Å²) in [6.45, 7) is 6.44. The van der Waals surface area contributed by atoms with Crippen LogP contribution in [0.1, 0.15) is 59.3 Å². The van der Waals surface area contributed by atoms with Crippen molar-refractivity contribution in [3.63, 3.8) is 0 Å². The molecule has 7 atom stereocenters. The van der Waals surface area contributed by atoms with Crippen LogP contribution in [0.15, 0.2) is 11.6 Å². The van der Waals surface area contributed by atoms with Crippen molar-refractivity contribution in [2.75, 3.05) is 13.2 Å². The molecule has 3 aliphatic carbocycles. The van der Waals surface area contributed by atoms with Gasteiger partial charge in [-0.2, -0.15) is 0 Å². The quantitative estimate of drug-likeness (QED) is 0.595. The lowest BCUT2D eigenvalue weighted by Gasteiger charge is -2.60. The molecule has 4 heteroatoms. The lowest BCUT2D eigenvalue weighted by atomic mass is 9.45. The van der Waals surface area contributed by atoms with Gasteiger partial charge in [0.25, 0.3) is 0 Å². The van der Waals surface area contributed by atoms with Crippen LogP contribution in [0.3, 0.4) is 0 Å². The van der Waals surface area contributed by atoms with Crippen LogP contribution in [-0.4, -0.2) is 45.8 Å². The molecule has 0 aromatic heterocycles. The van der Waals surface area contributed by atoms with Gasteiger partial charge in [0.1, 0.15) is 0 Å². The van der Waals surface area contributed by atoms with E-state index in [4.69, 9.17) is 0 Å². The highest BCUT2D eigenvalue weighted by Crippen LogP contribution is 2.63. The van der Waals surface area contributed by atoms with Gasteiger partial charge < -0.3 is 20.4 Å². The van der Waals surface area contributed by atoms with E-state index in [1.54, 1.807) is 0 Å². The molecule has 0 spiro atoms. The Morgan fingerprint density at radius 3 is 2.54 bits per heavy atom. The van der Waals surface area contributed by atoms with Gasteiger partial charge in [0, 0.05) is 6.61 Å². The fourth-order valence-electron chi connectivity index (χ4n) is 6.39. The summed E-state index contributed by atoms with van der Waals surface area (Å²) in [4.78, 5) is 0. The third-order valence-electron chi connectivity index (χ3n) is 7.82. The van der Waals surface area contributed by atoms with Crippen LogP contribution in [0.25, 0.3) is 0 Å². The van der Waals surface area contributed by atoms with Gasteiger partial charge in [0.2, 0.25) is 0 Å². The topological polar surface area (TPSA) is 80.9 Å². The molecule has 138 valence electrons. The highest BCUT2D eigenvalue weighted by molar-refractivity contribution is 5.24. The first-order chi connectivity index (χ1) is 11.2. The van der Waals surface area contributed by atoms with Crippen LogP contribution >= 0.6 is 0 Å². The maximum absolute atomic E-state index is 10.5. The first-order valence-electron chi connectivity index (χ1n) is 9.45. The molecule has 24 heavy (non-hydrogen) atoms. The first kappa shape index (κ1) is 18.4. The monoisotopic (exact) mass is 338 g/mol. The zero-order valence-electron chi connectivity index (χ0n) is 15.3. The standard InChI is InChI=1S/C20H34O4/c1-18(17(24)11-21)7-6-15-13(8-18)4-5-16-19(2,12-22)9-14(23)10-20(15,16)3/h4,14-17,21-24H,5-12H2,1-3H3. The Morgan fingerprint density at radius 2 is 1.92 bits per heavy atom. The molecule has 0 aliphatic heterocycles. The Morgan fingerprint density at radius 1 is 1.21 bits per heavy atom. The number of aliphatic hydroxyl groups excluding tert-OH is 4. The fourth-order valence-corrected chi connectivity index (χ4v) is 6.39. The molecule has 4 nitrogen and oxygen atoms in total. The Balaban J connectivity index is 1.92. The number of allylic oxidation sites excluding steroid dienone is 2. The molecule has 4 N–H and O–H groups in total. The summed E-state index contributed by atoms with van der Waals surface area (Å²) >= 11 is 0. The largest absolute Gasteiger partial charge is 0.396 e. The number of hydrogen-bond donors (Lipinski definition) is 4. The zero-order chi connectivity index (χ0) is 17.8. The van der Waals surface area contributed by atoms with Gasteiger partial charge in [0.15, 0.2) is 0 Å². The predicted octanol–water partition coefficient (Wildman–Crippen LogP) is 2.25. The zero-order valence-corrected chi connectivity index (χ0v) is 15.3. The van der Waals surface area contributed by atoms with E-state index in [1.165, 1.54) is 5.57 Å². The molecule has 0 aromatic rings. The highest BCUT2D eigenvalue weighted by Gasteiger charge is 2.57. The van der Waals surface area contributed by atoms with E-state index in [9.17, 15) is 20.4 Å². The molecule has 0 radical (unpaired) electrons. The molecule has 3 aliphatic rings. The molecular weight excluding hydrogens is 304 g/mol. The molecule has 0 amide bonds. The number of rotatable bonds is 3. The Labute approximate surface area is 145 Å². The van der Waals surface area contributed by atoms with Gasteiger partial charge in [-0.15, -0.1) is 0 Å². The summed E-state index contributed by atoms with van der Waals surface area (Å²) < 4.78 is 0. The fraction of sp³-hybridized carbons (Fsp3) is 0.900. The summed E-state index contributed by atoms with van der Waals surface area (Å²) in [5, 5.41) is 40.1. The van der Waals surface area contributed by atoms with Crippen LogP contribution in [0.4, 0.5) is 0 Å². The Kier molecular flexibility index (Phi) is 4.66. The summed E-state index contributed by atoms with van der Waals surface area (Å²) in [6.07, 6.45) is 6.44. The molecule has 0 saturated heterocycles. The second kappa shape index (κ2) is 6.08. The van der Waals surface area contributed by atoms with Crippen molar-refractivity contribution in [1.29, 1.82) is 0 Å². The molecule has 0 bridgehead atoms. The lowest BCUT2D eigenvalue weighted by molar-refractivity contribution is -0.130. The van der Waals surface area contributed by atoms with Gasteiger partial charge in [-0.3, -0.25) is 0 Å². The van der Waals surface area contributed by atoms with Crippen LogP contribution in [-0.2, 0) is 0 Å². The number of hydrogen-bond acceptors (Lipinski definition) is 4. The van der Waals surface area contributed by atoms with Gasteiger partial charge in [-0.05, 0) is 66.6 Å². The average molecular weight is 338 g/mol. The SMILES string of the molecule is CC1(C(O)CO)CCC2C(=CCC3C(C)(CO)CC(O)CC23C)C1. The van der Waals surface area contributed by atoms with Gasteiger partial charge in [-0.25, -0.2) is 0 Å². The van der Waals surface area contributed by atoms with E-state index in [0.29, 0.717) is 18.3 Å². The summed E-state index contributed by atoms with van der Waals surface area (Å²) in [5.74, 6) is 0.801. The van der Waals surface area contributed by atoms with Gasteiger partial charge in [0.05, 0.1) is 18.8 Å². The number of aliphatic hydroxyl groups is 4. The minimum Gasteiger partial charge on any atom is -0.396 e. The molecular formula is C20H34O4. The van der Waals surface area contributed by atoms with Crippen molar-refractivity contribution in [3.05, 3.63) is 11.6 Å². The van der Waals surface area contributed by atoms with E-state index in [2.05, 4.69) is 26.8 Å². The Bertz CT molecular complexity index is 518. The highest BCUT2D eigenvalue weighted by atomic mass is 16.3. The smallest absolute Gasteiger partial charge is 0.0827 e. The second-order valence-electron chi connectivity index (χ2n) is 9.57. The lowest BCUT2D eigenvalue weighted by Crippen LogP contribution is -2.56. The van der Waals surface area contributed by atoms with E-state index in [-0.39, 0.29) is 35.6 Å². The van der Waals surface area contributed by atoms with Gasteiger partial charge in [-0.1, -0.05) is 32.4 Å². The van der Waals surface area contributed by atoms with Crippen molar-refractivity contribution in [2.24, 2.45) is 28.1 Å². The average Bonchev–Trinajstić information content (AvgIpc) is 2.52. The third-order valence-corrected chi connectivity index (χ3v) is 7.82. The summed E-state index contributed by atoms with van der Waals surface area (Å²) in [6, 6.07) is 0. The third kappa shape index (κ3) is 2.66. The van der Waals surface area contributed by atoms with E-state index in [1.807, 2.05) is 0 Å². The van der Waals surface area contributed by atoms with E-state index < -0.39 is 6.10 Å². The molecule has 0 aromatic carbocycles. The van der Waals surface area contributed by atoms with Crippen LogP contribution in [0.2, 0.25) is 0 Å². The van der Waals surface area contributed by atoms with Crippen molar-refractivity contribution in [3.8, 4) is 0 Å². The maximum atomic E-state index is 10.5. The minimum absolute atomic E-state index is 0.00469. The normalized spacial score (nSPS) is 49.8. The molecule has 2 fully saturated rings. The molecule has 2 saturated carbocycles. The van der Waals surface area contributed by atoms with Crippen molar-refractivity contribution < 1.29 is 20.4 Å². The molecule has 7 unspecified atom stereocenters. The van der Waals surface area contributed by atoms with E-state index in [0.717, 1.165) is 32.1 Å². The van der Waals surface area contributed by atoms with Crippen molar-refractivity contribution in [1.82, 2.24) is 0 Å². The van der Waals surface area contributed by atoms with Crippen molar-refractivity contribution >= 4 is 0 Å². The molecule has 3 rings (SSSR count). The minimum atomic E-state index is -0.676. The van der Waals surface area contributed by atoms with Crippen LogP contribution in [0.5, 0.6) is 0 Å². The summed E-state index contributed by atoms with van der Waals surface area (Å²) in [5.41, 5.74) is 0.919.